The van der Waals surface area contributed by atoms with Crippen LogP contribution in [0.25, 0.3) is 10.9 Å². The summed E-state index contributed by atoms with van der Waals surface area (Å²) in [6.07, 6.45) is -3.22. The summed E-state index contributed by atoms with van der Waals surface area (Å²) in [6.45, 7) is 1.69. The number of benzene rings is 2. The lowest BCUT2D eigenvalue weighted by Gasteiger charge is -2.12. The first-order chi connectivity index (χ1) is 20.8. The number of rotatable bonds is 9. The first-order valence-corrected chi connectivity index (χ1v) is 15.7. The topological polar surface area (TPSA) is 152 Å². The van der Waals surface area contributed by atoms with Gasteiger partial charge in [0, 0.05) is 6.54 Å². The monoisotopic (exact) mass is 673 g/mol. The number of aliphatic carboxylic acids is 1. The molecule has 1 aliphatic heterocycles. The number of carboxylic acids is 1. The van der Waals surface area contributed by atoms with Gasteiger partial charge < -0.3 is 20.5 Å². The number of carbonyl (C=O) groups excluding carboxylic acids is 1. The Hall–Kier alpha value is -3.86. The molecule has 11 nitrogen and oxygen atoms in total. The highest BCUT2D eigenvalue weighted by atomic mass is 35.5. The van der Waals surface area contributed by atoms with E-state index in [1.54, 1.807) is 10.7 Å². The molecule has 17 heteroatoms. The molecular weight excluding hydrogens is 647 g/mol. The third-order valence-corrected chi connectivity index (χ3v) is 9.48. The first-order valence-electron chi connectivity index (χ1n) is 13.0. The molecule has 0 spiro atoms. The number of alkyl halides is 3. The number of amides is 1. The Kier molecular flexibility index (Phi) is 10.4. The molecule has 0 saturated carbocycles. The molecule has 1 unspecified atom stereocenters. The second-order valence-electron chi connectivity index (χ2n) is 9.51. The van der Waals surface area contributed by atoms with Crippen LogP contribution in [0.2, 0.25) is 4.34 Å². The predicted molar refractivity (Wildman–Crippen MR) is 159 cm³/mol. The number of fused-ring (bicyclic) bond motifs is 1. The number of sulfonamides is 1. The van der Waals surface area contributed by atoms with E-state index in [4.69, 9.17) is 26.2 Å². The van der Waals surface area contributed by atoms with Crippen molar-refractivity contribution < 1.29 is 41.0 Å². The van der Waals surface area contributed by atoms with Crippen molar-refractivity contribution in [1.29, 1.82) is 0 Å². The Morgan fingerprint density at radius 2 is 1.89 bits per heavy atom. The second-order valence-corrected chi connectivity index (χ2v) is 13.1. The molecule has 1 amide bonds. The number of carboxylic acid groups (broad SMARTS) is 1. The molecule has 0 bridgehead atoms. The molecule has 5 rings (SSSR count). The van der Waals surface area contributed by atoms with E-state index in [0.29, 0.717) is 34.1 Å². The van der Waals surface area contributed by atoms with Gasteiger partial charge in [0.05, 0.1) is 34.9 Å². The number of nitrogens with one attached hydrogen (secondary N) is 3. The van der Waals surface area contributed by atoms with E-state index in [2.05, 4.69) is 20.5 Å². The molecule has 1 atom stereocenters. The average molecular weight is 674 g/mol. The lowest BCUT2D eigenvalue weighted by atomic mass is 10.1. The van der Waals surface area contributed by atoms with E-state index in [9.17, 15) is 26.4 Å². The van der Waals surface area contributed by atoms with Crippen molar-refractivity contribution >= 4 is 61.6 Å². The van der Waals surface area contributed by atoms with Crippen molar-refractivity contribution in [2.75, 3.05) is 18.4 Å². The summed E-state index contributed by atoms with van der Waals surface area (Å²) in [5, 5.41) is 18.5. The first kappa shape index (κ1) is 33.0. The SMILES string of the molecule is COc1cccc2c1c(NS(=O)(=O)c1ccc(Cl)s1)nn2Cc1cccc(CNC(=O)C2CCCN2)c1.O=C(O)C(F)(F)F. The lowest BCUT2D eigenvalue weighted by Crippen LogP contribution is -2.40. The summed E-state index contributed by atoms with van der Waals surface area (Å²) in [4.78, 5) is 21.3. The molecular formula is C27H27ClF3N5O6S2. The van der Waals surface area contributed by atoms with E-state index in [1.807, 2.05) is 36.4 Å². The van der Waals surface area contributed by atoms with Crippen LogP contribution < -0.4 is 20.1 Å². The number of aromatic nitrogens is 2. The fourth-order valence-electron chi connectivity index (χ4n) is 4.41. The minimum Gasteiger partial charge on any atom is -0.496 e. The quantitative estimate of drug-likeness (QED) is 0.201. The van der Waals surface area contributed by atoms with Crippen molar-refractivity contribution in [2.45, 2.75) is 42.4 Å². The number of anilines is 1. The summed E-state index contributed by atoms with van der Waals surface area (Å²) >= 11 is 6.92. The van der Waals surface area contributed by atoms with E-state index < -0.39 is 22.2 Å². The zero-order valence-electron chi connectivity index (χ0n) is 23.0. The van der Waals surface area contributed by atoms with Crippen molar-refractivity contribution in [1.82, 2.24) is 20.4 Å². The van der Waals surface area contributed by atoms with Gasteiger partial charge in [0.15, 0.2) is 5.82 Å². The van der Waals surface area contributed by atoms with Crippen LogP contribution >= 0.6 is 22.9 Å². The fourth-order valence-corrected chi connectivity index (χ4v) is 6.90. The molecule has 4 aromatic rings. The molecule has 236 valence electrons. The van der Waals surface area contributed by atoms with Gasteiger partial charge in [-0.05, 0) is 54.8 Å². The number of carbonyl (C=O) groups is 2. The minimum absolute atomic E-state index is 0.0111. The molecule has 1 saturated heterocycles. The van der Waals surface area contributed by atoms with Gasteiger partial charge in [-0.25, -0.2) is 13.2 Å². The number of thiophene rings is 1. The van der Waals surface area contributed by atoms with Crippen molar-refractivity contribution in [3.8, 4) is 5.75 Å². The van der Waals surface area contributed by atoms with E-state index in [-0.39, 0.29) is 22.0 Å². The van der Waals surface area contributed by atoms with Crippen LogP contribution in [0.4, 0.5) is 19.0 Å². The van der Waals surface area contributed by atoms with Gasteiger partial charge >= 0.3 is 12.1 Å². The van der Waals surface area contributed by atoms with Gasteiger partial charge in [-0.15, -0.1) is 11.3 Å². The molecule has 3 heterocycles. The van der Waals surface area contributed by atoms with Crippen molar-refractivity contribution in [2.24, 2.45) is 0 Å². The van der Waals surface area contributed by atoms with Crippen molar-refractivity contribution in [3.05, 3.63) is 70.1 Å². The molecule has 4 N–H and O–H groups in total. The third kappa shape index (κ3) is 8.19. The standard InChI is InChI=1S/C25H26ClN5O4S2.C2HF3O2/c1-35-20-9-3-8-19-23(20)24(30-37(33,34)22-11-10-21(26)36-22)29-31(19)15-17-6-2-5-16(13-17)14-28-25(32)18-7-4-12-27-18;3-2(4,5)1(6)7/h2-3,5-6,8-11,13,18,27H,4,7,12,14-15H2,1H3,(H,28,32)(H,29,30);(H,6,7). The summed E-state index contributed by atoms with van der Waals surface area (Å²) < 4.78 is 68.1. The second kappa shape index (κ2) is 13.8. The van der Waals surface area contributed by atoms with Gasteiger partial charge in [-0.3, -0.25) is 14.2 Å². The van der Waals surface area contributed by atoms with Gasteiger partial charge in [-0.2, -0.15) is 18.3 Å². The van der Waals surface area contributed by atoms with Crippen LogP contribution in [-0.2, 0) is 32.7 Å². The maximum atomic E-state index is 13.0. The van der Waals surface area contributed by atoms with Crippen LogP contribution in [0.15, 0.2) is 58.8 Å². The Balaban J connectivity index is 0.000000566. The van der Waals surface area contributed by atoms with E-state index in [1.165, 1.54) is 19.2 Å². The molecule has 2 aromatic carbocycles. The van der Waals surface area contributed by atoms with Crippen LogP contribution in [0, 0.1) is 0 Å². The number of methoxy groups -OCH3 is 1. The Bertz CT molecular complexity index is 1750. The smallest absolute Gasteiger partial charge is 0.490 e. The number of nitrogens with zero attached hydrogens (tertiary/aromatic N) is 2. The fraction of sp³-hybridized carbons (Fsp3) is 0.296. The number of hydrogen-bond donors (Lipinski definition) is 4. The molecule has 0 aliphatic carbocycles. The van der Waals surface area contributed by atoms with Gasteiger partial charge in [-0.1, -0.05) is 41.9 Å². The summed E-state index contributed by atoms with van der Waals surface area (Å²) in [7, 11) is -2.36. The molecule has 0 radical (unpaired) electrons. The molecule has 1 aliphatic rings. The van der Waals surface area contributed by atoms with E-state index in [0.717, 1.165) is 41.9 Å². The summed E-state index contributed by atoms with van der Waals surface area (Å²) in [5.41, 5.74) is 2.64. The highest BCUT2D eigenvalue weighted by Crippen LogP contribution is 2.35. The van der Waals surface area contributed by atoms with Crippen LogP contribution in [-0.4, -0.2) is 61.1 Å². The van der Waals surface area contributed by atoms with E-state index >= 15 is 0 Å². The normalized spacial score (nSPS) is 15.0. The Morgan fingerprint density at radius 1 is 1.18 bits per heavy atom. The molecule has 2 aromatic heterocycles. The number of hydrogen-bond acceptors (Lipinski definition) is 8. The average Bonchev–Trinajstić information content (AvgIpc) is 3.73. The zero-order chi connectivity index (χ0) is 32.1. The van der Waals surface area contributed by atoms with Gasteiger partial charge in [0.1, 0.15) is 9.96 Å². The lowest BCUT2D eigenvalue weighted by molar-refractivity contribution is -0.192. The largest absolute Gasteiger partial charge is 0.496 e. The minimum atomic E-state index is -5.08. The van der Waals surface area contributed by atoms with Crippen LogP contribution in [0.5, 0.6) is 5.75 Å². The maximum Gasteiger partial charge on any atom is 0.490 e. The van der Waals surface area contributed by atoms with Crippen LogP contribution in [0.1, 0.15) is 24.0 Å². The van der Waals surface area contributed by atoms with Gasteiger partial charge in [0.25, 0.3) is 10.0 Å². The third-order valence-electron chi connectivity index (χ3n) is 6.41. The number of halogens is 4. The Morgan fingerprint density at radius 3 is 2.50 bits per heavy atom. The molecule has 44 heavy (non-hydrogen) atoms. The summed E-state index contributed by atoms with van der Waals surface area (Å²) in [6, 6.07) is 16.2. The maximum absolute atomic E-state index is 13.0. The van der Waals surface area contributed by atoms with Gasteiger partial charge in [0.2, 0.25) is 5.91 Å². The highest BCUT2D eigenvalue weighted by Gasteiger charge is 2.38. The van der Waals surface area contributed by atoms with Crippen molar-refractivity contribution in [3.63, 3.8) is 0 Å². The Labute approximate surface area is 259 Å². The number of ether oxygens (including phenoxy) is 1. The zero-order valence-corrected chi connectivity index (χ0v) is 25.4. The highest BCUT2D eigenvalue weighted by molar-refractivity contribution is 7.94. The van der Waals surface area contributed by atoms with Crippen LogP contribution in [0.3, 0.4) is 0 Å². The summed E-state index contributed by atoms with van der Waals surface area (Å²) in [5.74, 6) is -2.07. The predicted octanol–water partition coefficient (Wildman–Crippen LogP) is 4.61. The molecule has 1 fully saturated rings.